The fourth-order valence-electron chi connectivity index (χ4n) is 6.67. The van der Waals surface area contributed by atoms with Crippen LogP contribution in [0.15, 0.2) is 41.2 Å². The molecular formula is C31H31ClF3N7O3. The van der Waals surface area contributed by atoms with E-state index in [0.717, 1.165) is 29.3 Å². The van der Waals surface area contributed by atoms with Crippen molar-refractivity contribution in [2.45, 2.75) is 57.5 Å². The van der Waals surface area contributed by atoms with Gasteiger partial charge >= 0.3 is 6.18 Å². The molecular weight excluding hydrogens is 611 g/mol. The van der Waals surface area contributed by atoms with Gasteiger partial charge < -0.3 is 20.3 Å². The highest BCUT2D eigenvalue weighted by atomic mass is 35.5. The van der Waals surface area contributed by atoms with Gasteiger partial charge in [0, 0.05) is 37.7 Å². The quantitative estimate of drug-likeness (QED) is 0.320. The highest BCUT2D eigenvalue weighted by molar-refractivity contribution is 6.33. The summed E-state index contributed by atoms with van der Waals surface area (Å²) < 4.78 is 48.6. The highest BCUT2D eigenvalue weighted by Crippen LogP contribution is 2.43. The van der Waals surface area contributed by atoms with Crippen LogP contribution in [0.3, 0.4) is 0 Å². The summed E-state index contributed by atoms with van der Waals surface area (Å²) in [5.41, 5.74) is 2.35. The molecule has 2 atom stereocenters. The molecule has 2 aromatic carbocycles. The van der Waals surface area contributed by atoms with Crippen LogP contribution in [0, 0.1) is 0 Å². The molecule has 0 unspecified atom stereocenters. The van der Waals surface area contributed by atoms with Crippen LogP contribution in [0.4, 0.5) is 24.5 Å². The predicted molar refractivity (Wildman–Crippen MR) is 163 cm³/mol. The van der Waals surface area contributed by atoms with Gasteiger partial charge in [-0.1, -0.05) is 30.7 Å². The topological polar surface area (TPSA) is 106 Å². The first kappa shape index (κ1) is 29.8. The van der Waals surface area contributed by atoms with Crippen molar-refractivity contribution in [3.63, 3.8) is 0 Å². The molecule has 0 radical (unpaired) electrons. The number of halogens is 4. The summed E-state index contributed by atoms with van der Waals surface area (Å²) >= 11 is 6.18. The van der Waals surface area contributed by atoms with Crippen molar-refractivity contribution < 1.29 is 22.7 Å². The lowest BCUT2D eigenvalue weighted by Gasteiger charge is -2.31. The van der Waals surface area contributed by atoms with Crippen molar-refractivity contribution in [3.05, 3.63) is 74.2 Å². The van der Waals surface area contributed by atoms with Crippen molar-refractivity contribution in [2.75, 3.05) is 36.4 Å². The Hall–Kier alpha value is -3.94. The molecule has 0 aliphatic carbocycles. The van der Waals surface area contributed by atoms with E-state index in [4.69, 9.17) is 21.3 Å². The number of benzene rings is 2. The van der Waals surface area contributed by atoms with Gasteiger partial charge in [-0.2, -0.15) is 22.7 Å². The van der Waals surface area contributed by atoms with E-state index < -0.39 is 29.3 Å². The van der Waals surface area contributed by atoms with Gasteiger partial charge in [-0.15, -0.1) is 5.10 Å². The van der Waals surface area contributed by atoms with E-state index in [1.165, 1.54) is 4.52 Å². The first-order chi connectivity index (χ1) is 21.3. The number of hydrogen-bond acceptors (Lipinski definition) is 7. The molecule has 4 aromatic rings. The second-order valence-corrected chi connectivity index (χ2v) is 12.7. The minimum absolute atomic E-state index is 0.0561. The summed E-state index contributed by atoms with van der Waals surface area (Å²) in [6, 6.07) is 7.82. The van der Waals surface area contributed by atoms with Gasteiger partial charge in [0.1, 0.15) is 11.7 Å². The molecule has 1 saturated heterocycles. The third kappa shape index (κ3) is 4.97. The van der Waals surface area contributed by atoms with Crippen LogP contribution in [-0.4, -0.2) is 51.3 Å². The van der Waals surface area contributed by atoms with Crippen LogP contribution in [0.1, 0.15) is 61.5 Å². The molecule has 7 rings (SSSR count). The predicted octanol–water partition coefficient (Wildman–Crippen LogP) is 5.09. The smallest absolute Gasteiger partial charge is 0.366 e. The van der Waals surface area contributed by atoms with E-state index in [9.17, 15) is 22.8 Å². The van der Waals surface area contributed by atoms with Gasteiger partial charge in [0.05, 0.1) is 34.2 Å². The van der Waals surface area contributed by atoms with Crippen molar-refractivity contribution in [2.24, 2.45) is 0 Å². The van der Waals surface area contributed by atoms with Gasteiger partial charge in [-0.05, 0) is 55.7 Å². The second-order valence-electron chi connectivity index (χ2n) is 12.3. The lowest BCUT2D eigenvalue weighted by molar-refractivity contribution is -0.137. The molecule has 2 aromatic heterocycles. The van der Waals surface area contributed by atoms with Gasteiger partial charge in [-0.3, -0.25) is 14.2 Å². The monoisotopic (exact) mass is 641 g/mol. The molecule has 0 bridgehead atoms. The fourth-order valence-corrected chi connectivity index (χ4v) is 6.90. The first-order valence-corrected chi connectivity index (χ1v) is 15.2. The van der Waals surface area contributed by atoms with Gasteiger partial charge in [-0.25, -0.2) is 0 Å². The minimum Gasteiger partial charge on any atom is -0.366 e. The standard InChI is InChI=1S/C31H31ClF3N7O3/c1-16-12-23(27(43)37-22-7-5-19(14-21(22)32)31(33,34)35)41-24(16)25(40-10-8-36-9-11-40)28(44)42-29(41)38-26(39-42)17-4-6-20-18(13-17)15-45-30(20,2)3/h4-7,13-14,16,23,36H,8-12,15H2,1-3H3,(H,37,43)/t16-,23-/m0/s1. The molecule has 2 N–H and O–H groups in total. The minimum atomic E-state index is -4.57. The number of nitrogens with one attached hydrogen (secondary N) is 2. The highest BCUT2D eigenvalue weighted by Gasteiger charge is 2.40. The zero-order valence-electron chi connectivity index (χ0n) is 24.8. The Labute approximate surface area is 261 Å². The first-order valence-electron chi connectivity index (χ1n) is 14.8. The Balaban J connectivity index is 1.35. The maximum absolute atomic E-state index is 14.1. The van der Waals surface area contributed by atoms with Crippen LogP contribution in [-0.2, 0) is 27.9 Å². The van der Waals surface area contributed by atoms with Gasteiger partial charge in [0.15, 0.2) is 5.82 Å². The Morgan fingerprint density at radius 2 is 1.91 bits per heavy atom. The van der Waals surface area contributed by atoms with Crippen LogP contribution in [0.25, 0.3) is 17.2 Å². The molecule has 236 valence electrons. The lowest BCUT2D eigenvalue weighted by Crippen LogP contribution is -2.46. The number of alkyl halides is 3. The van der Waals surface area contributed by atoms with E-state index in [0.29, 0.717) is 62.0 Å². The average Bonchev–Trinajstić information content (AvgIpc) is 3.68. The van der Waals surface area contributed by atoms with Crippen molar-refractivity contribution in [3.8, 4) is 11.4 Å². The average molecular weight is 642 g/mol. The number of anilines is 2. The Morgan fingerprint density at radius 1 is 1.16 bits per heavy atom. The largest absolute Gasteiger partial charge is 0.416 e. The second kappa shape index (κ2) is 10.6. The molecule has 3 aliphatic heterocycles. The summed E-state index contributed by atoms with van der Waals surface area (Å²) in [6.45, 7) is 8.99. The number of piperazine rings is 1. The Bertz CT molecular complexity index is 1910. The summed E-state index contributed by atoms with van der Waals surface area (Å²) in [5, 5.41) is 10.4. The maximum atomic E-state index is 14.1. The molecule has 5 heterocycles. The SMILES string of the molecule is C[C@H]1C[C@@H](C(=O)Nc2ccc(C(F)(F)F)cc2Cl)n2c1c(N1CCNCC1)c(=O)n1nc(-c3ccc4c(c3)COC4(C)C)nc21. The number of rotatable bonds is 4. The Kier molecular flexibility index (Phi) is 6.99. The normalized spacial score (nSPS) is 20.8. The van der Waals surface area contributed by atoms with Crippen molar-refractivity contribution in [1.29, 1.82) is 0 Å². The number of carbonyl (C=O) groups excluding carboxylic acids is 1. The zero-order chi connectivity index (χ0) is 31.8. The van der Waals surface area contributed by atoms with Crippen LogP contribution < -0.4 is 21.1 Å². The lowest BCUT2D eigenvalue weighted by atomic mass is 9.94. The number of carbonyl (C=O) groups is 1. The van der Waals surface area contributed by atoms with E-state index >= 15 is 0 Å². The van der Waals surface area contributed by atoms with E-state index in [-0.39, 0.29) is 28.0 Å². The molecule has 3 aliphatic rings. The third-order valence-electron chi connectivity index (χ3n) is 8.95. The van der Waals surface area contributed by atoms with Crippen LogP contribution in [0.2, 0.25) is 5.02 Å². The number of aromatic nitrogens is 4. The third-order valence-corrected chi connectivity index (χ3v) is 9.26. The van der Waals surface area contributed by atoms with E-state index in [2.05, 4.69) is 15.7 Å². The molecule has 10 nitrogen and oxygen atoms in total. The summed E-state index contributed by atoms with van der Waals surface area (Å²) in [4.78, 5) is 34.8. The number of amides is 1. The maximum Gasteiger partial charge on any atom is 0.416 e. The molecule has 14 heteroatoms. The number of hydrogen-bond donors (Lipinski definition) is 2. The molecule has 0 spiro atoms. The van der Waals surface area contributed by atoms with E-state index in [1.54, 1.807) is 4.57 Å². The van der Waals surface area contributed by atoms with E-state index in [1.807, 2.05) is 43.9 Å². The number of nitrogens with zero attached hydrogens (tertiary/aromatic N) is 5. The van der Waals surface area contributed by atoms with Crippen molar-refractivity contribution in [1.82, 2.24) is 24.5 Å². The summed E-state index contributed by atoms with van der Waals surface area (Å²) in [6.07, 6.45) is -4.23. The molecule has 1 amide bonds. The summed E-state index contributed by atoms with van der Waals surface area (Å²) in [7, 11) is 0. The van der Waals surface area contributed by atoms with Gasteiger partial charge in [0.25, 0.3) is 5.56 Å². The summed E-state index contributed by atoms with van der Waals surface area (Å²) in [5.74, 6) is -0.147. The van der Waals surface area contributed by atoms with Crippen LogP contribution in [0.5, 0.6) is 0 Å². The van der Waals surface area contributed by atoms with Gasteiger partial charge in [0.2, 0.25) is 11.7 Å². The molecule has 1 fully saturated rings. The number of ether oxygens (including phenoxy) is 1. The zero-order valence-corrected chi connectivity index (χ0v) is 25.6. The van der Waals surface area contributed by atoms with Crippen molar-refractivity contribution >= 4 is 34.7 Å². The Morgan fingerprint density at radius 3 is 2.62 bits per heavy atom. The van der Waals surface area contributed by atoms with Crippen LogP contribution >= 0.6 is 11.6 Å². The molecule has 45 heavy (non-hydrogen) atoms. The molecule has 0 saturated carbocycles. The fraction of sp³-hybridized carbons (Fsp3) is 0.419. The number of fused-ring (bicyclic) bond motifs is 4.